The smallest absolute Gasteiger partial charge is 0.285 e. The molecule has 1 aromatic rings. The first-order valence-electron chi connectivity index (χ1n) is 9.14. The SMILES string of the molecule is CCCCCCNC1=C(c2ccccc2)S(=O)(=O)N(CCCC)C1=O. The van der Waals surface area contributed by atoms with Crippen LogP contribution in [-0.4, -0.2) is 31.7 Å². The van der Waals surface area contributed by atoms with E-state index in [1.807, 2.05) is 13.0 Å². The minimum Gasteiger partial charge on any atom is -0.379 e. The summed E-state index contributed by atoms with van der Waals surface area (Å²) in [5.74, 6) is -0.428. The summed E-state index contributed by atoms with van der Waals surface area (Å²) in [5.41, 5.74) is 0.782. The number of sulfonamides is 1. The third-order valence-electron chi connectivity index (χ3n) is 4.30. The first-order valence-corrected chi connectivity index (χ1v) is 10.6. The van der Waals surface area contributed by atoms with Crippen molar-refractivity contribution in [3.05, 3.63) is 41.6 Å². The third-order valence-corrected chi connectivity index (χ3v) is 6.18. The van der Waals surface area contributed by atoms with E-state index in [0.717, 1.165) is 36.4 Å². The highest BCUT2D eigenvalue weighted by molar-refractivity contribution is 7.99. The van der Waals surface area contributed by atoms with Crippen molar-refractivity contribution < 1.29 is 13.2 Å². The Labute approximate surface area is 151 Å². The van der Waals surface area contributed by atoms with Gasteiger partial charge in [-0.1, -0.05) is 69.9 Å². The summed E-state index contributed by atoms with van der Waals surface area (Å²) in [6, 6.07) is 8.89. The number of rotatable bonds is 10. The van der Waals surface area contributed by atoms with Crippen LogP contribution in [0.4, 0.5) is 0 Å². The van der Waals surface area contributed by atoms with Gasteiger partial charge in [0, 0.05) is 13.1 Å². The summed E-state index contributed by atoms with van der Waals surface area (Å²) >= 11 is 0. The van der Waals surface area contributed by atoms with Gasteiger partial charge >= 0.3 is 0 Å². The monoisotopic (exact) mass is 364 g/mol. The number of carbonyl (C=O) groups excluding carboxylic acids is 1. The Kier molecular flexibility index (Phi) is 7.05. The van der Waals surface area contributed by atoms with E-state index in [1.54, 1.807) is 24.3 Å². The Morgan fingerprint density at radius 1 is 0.960 bits per heavy atom. The molecule has 1 aliphatic rings. The molecule has 0 unspecified atom stereocenters. The summed E-state index contributed by atoms with van der Waals surface area (Å²) in [6.07, 6.45) is 5.76. The van der Waals surface area contributed by atoms with Gasteiger partial charge in [0.15, 0.2) is 0 Å². The van der Waals surface area contributed by atoms with E-state index in [4.69, 9.17) is 0 Å². The van der Waals surface area contributed by atoms with Crippen molar-refractivity contribution in [3.8, 4) is 0 Å². The Hall–Kier alpha value is -1.82. The molecular weight excluding hydrogens is 336 g/mol. The summed E-state index contributed by atoms with van der Waals surface area (Å²) in [7, 11) is -3.80. The zero-order chi connectivity index (χ0) is 18.3. The van der Waals surface area contributed by atoms with Gasteiger partial charge in [0.25, 0.3) is 15.9 Å². The number of benzene rings is 1. The van der Waals surface area contributed by atoms with Gasteiger partial charge in [-0.3, -0.25) is 4.79 Å². The second-order valence-electron chi connectivity index (χ2n) is 6.29. The molecule has 1 amide bonds. The van der Waals surface area contributed by atoms with Crippen LogP contribution in [0.25, 0.3) is 4.91 Å². The number of hydrogen-bond donors (Lipinski definition) is 1. The maximum atomic E-state index is 13.0. The lowest BCUT2D eigenvalue weighted by Crippen LogP contribution is -2.34. The Bertz CT molecular complexity index is 711. The number of hydrogen-bond acceptors (Lipinski definition) is 4. The molecule has 1 N–H and O–H groups in total. The fraction of sp³-hybridized carbons (Fsp3) is 0.526. The lowest BCUT2D eigenvalue weighted by molar-refractivity contribution is -0.122. The number of carbonyl (C=O) groups is 1. The summed E-state index contributed by atoms with van der Waals surface area (Å²) < 4.78 is 26.9. The van der Waals surface area contributed by atoms with Gasteiger partial charge in [0.2, 0.25) is 0 Å². The molecule has 0 saturated heterocycles. The first kappa shape index (κ1) is 19.5. The van der Waals surface area contributed by atoms with Gasteiger partial charge in [-0.05, 0) is 18.4 Å². The van der Waals surface area contributed by atoms with E-state index in [-0.39, 0.29) is 17.1 Å². The fourth-order valence-electron chi connectivity index (χ4n) is 2.90. The average Bonchev–Trinajstić information content (AvgIpc) is 2.79. The van der Waals surface area contributed by atoms with Crippen LogP contribution in [-0.2, 0) is 14.8 Å². The van der Waals surface area contributed by atoms with Crippen molar-refractivity contribution in [1.29, 1.82) is 0 Å². The van der Waals surface area contributed by atoms with Gasteiger partial charge in [-0.15, -0.1) is 0 Å². The minimum absolute atomic E-state index is 0.115. The number of nitrogens with one attached hydrogen (secondary N) is 1. The molecule has 138 valence electrons. The summed E-state index contributed by atoms with van der Waals surface area (Å²) in [4.78, 5) is 12.9. The molecule has 6 heteroatoms. The van der Waals surface area contributed by atoms with Gasteiger partial charge in [-0.2, -0.15) is 0 Å². The highest BCUT2D eigenvalue weighted by Crippen LogP contribution is 2.34. The largest absolute Gasteiger partial charge is 0.379 e. The normalized spacial score (nSPS) is 16.6. The van der Waals surface area contributed by atoms with Crippen LogP contribution in [0.15, 0.2) is 36.0 Å². The van der Waals surface area contributed by atoms with Crippen molar-refractivity contribution in [1.82, 2.24) is 9.62 Å². The molecule has 2 rings (SSSR count). The second-order valence-corrected chi connectivity index (χ2v) is 8.09. The van der Waals surface area contributed by atoms with Crippen LogP contribution in [0.5, 0.6) is 0 Å². The first-order chi connectivity index (χ1) is 12.0. The number of nitrogens with zero attached hydrogens (tertiary/aromatic N) is 1. The molecular formula is C19H28N2O3S. The van der Waals surface area contributed by atoms with Crippen LogP contribution in [0.1, 0.15) is 57.9 Å². The van der Waals surface area contributed by atoms with Gasteiger partial charge in [0.1, 0.15) is 10.6 Å². The molecule has 0 spiro atoms. The fourth-order valence-corrected chi connectivity index (χ4v) is 4.65. The van der Waals surface area contributed by atoms with E-state index in [9.17, 15) is 13.2 Å². The lowest BCUT2D eigenvalue weighted by atomic mass is 10.1. The highest BCUT2D eigenvalue weighted by Gasteiger charge is 2.43. The molecule has 0 atom stereocenters. The minimum atomic E-state index is -3.80. The molecule has 1 heterocycles. The van der Waals surface area contributed by atoms with E-state index >= 15 is 0 Å². The van der Waals surface area contributed by atoms with Gasteiger partial charge in [-0.25, -0.2) is 12.7 Å². The van der Waals surface area contributed by atoms with E-state index in [0.29, 0.717) is 18.5 Å². The lowest BCUT2D eigenvalue weighted by Gasteiger charge is -2.16. The van der Waals surface area contributed by atoms with Crippen molar-refractivity contribution in [2.75, 3.05) is 13.1 Å². The maximum Gasteiger partial charge on any atom is 0.285 e. The molecule has 0 aromatic heterocycles. The van der Waals surface area contributed by atoms with Crippen LogP contribution in [0, 0.1) is 0 Å². The highest BCUT2D eigenvalue weighted by atomic mass is 32.2. The predicted molar refractivity (Wildman–Crippen MR) is 101 cm³/mol. The third kappa shape index (κ3) is 4.42. The summed E-state index contributed by atoms with van der Waals surface area (Å²) in [6.45, 7) is 4.96. The van der Waals surface area contributed by atoms with E-state index < -0.39 is 15.9 Å². The van der Waals surface area contributed by atoms with Crippen LogP contribution in [0.3, 0.4) is 0 Å². The van der Waals surface area contributed by atoms with Crippen LogP contribution >= 0.6 is 0 Å². The number of unbranched alkanes of at least 4 members (excludes halogenated alkanes) is 4. The maximum absolute atomic E-state index is 13.0. The standard InChI is InChI=1S/C19H28N2O3S/c1-3-5-7-11-14-20-17-18(16-12-9-8-10-13-16)25(23,24)21(19(17)22)15-6-4-2/h8-10,12-13,20H,3-7,11,14-15H2,1-2H3. The molecule has 1 aromatic carbocycles. The van der Waals surface area contributed by atoms with Crippen molar-refractivity contribution in [3.63, 3.8) is 0 Å². The average molecular weight is 365 g/mol. The van der Waals surface area contributed by atoms with Crippen molar-refractivity contribution >= 4 is 20.8 Å². The van der Waals surface area contributed by atoms with Gasteiger partial charge < -0.3 is 5.32 Å². The van der Waals surface area contributed by atoms with Crippen LogP contribution < -0.4 is 5.32 Å². The molecule has 1 aliphatic heterocycles. The van der Waals surface area contributed by atoms with E-state index in [1.165, 1.54) is 0 Å². The predicted octanol–water partition coefficient (Wildman–Crippen LogP) is 3.50. The molecule has 0 aliphatic carbocycles. The molecule has 0 bridgehead atoms. The summed E-state index contributed by atoms with van der Waals surface area (Å²) in [5, 5.41) is 3.11. The topological polar surface area (TPSA) is 66.5 Å². The molecule has 0 fully saturated rings. The van der Waals surface area contributed by atoms with E-state index in [2.05, 4.69) is 12.2 Å². The Balaban J connectivity index is 2.31. The van der Waals surface area contributed by atoms with Gasteiger partial charge in [0.05, 0.1) is 0 Å². The zero-order valence-corrected chi connectivity index (χ0v) is 15.9. The molecule has 0 saturated carbocycles. The zero-order valence-electron chi connectivity index (χ0n) is 15.1. The Morgan fingerprint density at radius 2 is 1.64 bits per heavy atom. The Morgan fingerprint density at radius 3 is 2.28 bits per heavy atom. The second kappa shape index (κ2) is 9.04. The molecule has 0 radical (unpaired) electrons. The van der Waals surface area contributed by atoms with Crippen LogP contribution in [0.2, 0.25) is 0 Å². The van der Waals surface area contributed by atoms with Crippen molar-refractivity contribution in [2.24, 2.45) is 0 Å². The van der Waals surface area contributed by atoms with Crippen molar-refractivity contribution in [2.45, 2.75) is 52.4 Å². The number of amides is 1. The molecule has 5 nitrogen and oxygen atoms in total. The quantitative estimate of drug-likeness (QED) is 0.645. The molecule has 25 heavy (non-hydrogen) atoms.